The molecule has 0 spiro atoms. The number of hydrogen-bond acceptors (Lipinski definition) is 3. The number of ether oxygens (including phenoxy) is 1. The van der Waals surface area contributed by atoms with Crippen LogP contribution >= 0.6 is 11.6 Å². The highest BCUT2D eigenvalue weighted by atomic mass is 35.5. The van der Waals surface area contributed by atoms with Gasteiger partial charge in [0.2, 0.25) is 0 Å². The van der Waals surface area contributed by atoms with Crippen LogP contribution in [0.4, 0.5) is 5.69 Å². The summed E-state index contributed by atoms with van der Waals surface area (Å²) in [5.41, 5.74) is 2.14. The molecule has 1 heterocycles. The van der Waals surface area contributed by atoms with E-state index in [1.807, 2.05) is 29.2 Å². The van der Waals surface area contributed by atoms with Gasteiger partial charge in [-0.15, -0.1) is 0 Å². The minimum atomic E-state index is -0.505. The minimum absolute atomic E-state index is 0.0322. The Morgan fingerprint density at radius 1 is 1.21 bits per heavy atom. The van der Waals surface area contributed by atoms with Crippen LogP contribution in [0.3, 0.4) is 0 Å². The average Bonchev–Trinajstić information content (AvgIpc) is 2.75. The van der Waals surface area contributed by atoms with Gasteiger partial charge in [-0.2, -0.15) is 0 Å². The number of para-hydroxylation sites is 1. The lowest BCUT2D eigenvalue weighted by atomic mass is 9.91. The van der Waals surface area contributed by atoms with E-state index in [1.165, 1.54) is 5.56 Å². The number of carbonyl (C=O) groups excluding carboxylic acids is 1. The molecule has 0 aromatic heterocycles. The molecule has 2 aromatic carbocycles. The summed E-state index contributed by atoms with van der Waals surface area (Å²) in [5, 5.41) is 0.600. The molecule has 5 heteroatoms. The number of nitrogens with zero attached hydrogens (tertiary/aromatic N) is 2. The Kier molecular flexibility index (Phi) is 7.70. The number of amides is 1. The minimum Gasteiger partial charge on any atom is -0.372 e. The second-order valence-electron chi connectivity index (χ2n) is 7.91. The fourth-order valence-electron chi connectivity index (χ4n) is 4.14. The zero-order valence-corrected chi connectivity index (χ0v) is 18.3. The van der Waals surface area contributed by atoms with Crippen molar-refractivity contribution in [2.75, 3.05) is 31.6 Å². The topological polar surface area (TPSA) is 32.8 Å². The third-order valence-corrected chi connectivity index (χ3v) is 6.21. The number of benzene rings is 2. The maximum atomic E-state index is 13.2. The maximum Gasteiger partial charge on any atom is 0.256 e. The smallest absolute Gasteiger partial charge is 0.256 e. The highest BCUT2D eigenvalue weighted by molar-refractivity contribution is 6.33. The third-order valence-electron chi connectivity index (χ3n) is 5.89. The average molecular weight is 415 g/mol. The standard InChI is InChI=1S/C24H31ClN2O2/c1-18-17-26(15-13-20-9-5-4-6-10-20)16-14-22(18)27(24(28)19(2)29-3)23-12-8-7-11-21(23)25/h4-12,18-19,22H,13-17H2,1-3H3/t18-,19?,22-/m0/s1. The molecule has 1 aliphatic rings. The molecule has 29 heavy (non-hydrogen) atoms. The van der Waals surface area contributed by atoms with Crippen LogP contribution in [0, 0.1) is 5.92 Å². The first kappa shape index (κ1) is 21.8. The molecule has 1 fully saturated rings. The summed E-state index contributed by atoms with van der Waals surface area (Å²) in [7, 11) is 1.57. The van der Waals surface area contributed by atoms with Gasteiger partial charge in [-0.3, -0.25) is 4.79 Å². The lowest BCUT2D eigenvalue weighted by molar-refractivity contribution is -0.128. The molecule has 156 valence electrons. The van der Waals surface area contributed by atoms with E-state index >= 15 is 0 Å². The van der Waals surface area contributed by atoms with Crippen molar-refractivity contribution < 1.29 is 9.53 Å². The number of hydrogen-bond donors (Lipinski definition) is 0. The lowest BCUT2D eigenvalue weighted by Crippen LogP contribution is -2.54. The molecule has 1 aliphatic heterocycles. The van der Waals surface area contributed by atoms with E-state index in [2.05, 4.69) is 42.2 Å². The Morgan fingerprint density at radius 2 is 1.90 bits per heavy atom. The first-order valence-corrected chi connectivity index (χ1v) is 10.8. The van der Waals surface area contributed by atoms with Gasteiger partial charge >= 0.3 is 0 Å². The molecule has 4 nitrogen and oxygen atoms in total. The maximum absolute atomic E-state index is 13.2. The van der Waals surface area contributed by atoms with Crippen LogP contribution in [-0.2, 0) is 16.0 Å². The Hall–Kier alpha value is -1.88. The normalized spacial score (nSPS) is 21.0. The number of piperidine rings is 1. The monoisotopic (exact) mass is 414 g/mol. The zero-order chi connectivity index (χ0) is 20.8. The SMILES string of the molecule is COC(C)C(=O)N(c1ccccc1Cl)[C@H]1CCN(CCc2ccccc2)C[C@@H]1C. The summed E-state index contributed by atoms with van der Waals surface area (Å²) >= 11 is 6.48. The lowest BCUT2D eigenvalue weighted by Gasteiger charge is -2.43. The zero-order valence-electron chi connectivity index (χ0n) is 17.6. The van der Waals surface area contributed by atoms with Crippen molar-refractivity contribution in [1.29, 1.82) is 0 Å². The first-order valence-electron chi connectivity index (χ1n) is 10.4. The second-order valence-corrected chi connectivity index (χ2v) is 8.31. The van der Waals surface area contributed by atoms with Crippen LogP contribution in [0.5, 0.6) is 0 Å². The fourth-order valence-corrected chi connectivity index (χ4v) is 4.37. The number of likely N-dealkylation sites (tertiary alicyclic amines) is 1. The molecule has 0 N–H and O–H groups in total. The van der Waals surface area contributed by atoms with Crippen LogP contribution in [0.25, 0.3) is 0 Å². The first-order chi connectivity index (χ1) is 14.0. The van der Waals surface area contributed by atoms with Crippen molar-refractivity contribution in [3.05, 3.63) is 65.2 Å². The van der Waals surface area contributed by atoms with Gasteiger partial charge < -0.3 is 14.5 Å². The predicted molar refractivity (Wildman–Crippen MR) is 120 cm³/mol. The van der Waals surface area contributed by atoms with E-state index in [-0.39, 0.29) is 11.9 Å². The molecule has 0 saturated carbocycles. The Bertz CT molecular complexity index is 798. The summed E-state index contributed by atoms with van der Waals surface area (Å²) in [6, 6.07) is 18.3. The molecular weight excluding hydrogens is 384 g/mol. The Morgan fingerprint density at radius 3 is 2.55 bits per heavy atom. The van der Waals surface area contributed by atoms with E-state index < -0.39 is 6.10 Å². The predicted octanol–water partition coefficient (Wildman–Crippen LogP) is 4.66. The molecule has 3 atom stereocenters. The largest absolute Gasteiger partial charge is 0.372 e. The van der Waals surface area contributed by atoms with E-state index in [0.717, 1.165) is 38.2 Å². The van der Waals surface area contributed by atoms with Gasteiger partial charge in [0.1, 0.15) is 6.10 Å². The summed E-state index contributed by atoms with van der Waals surface area (Å²) in [4.78, 5) is 17.6. The van der Waals surface area contributed by atoms with Gasteiger partial charge in [-0.25, -0.2) is 0 Å². The quantitative estimate of drug-likeness (QED) is 0.660. The van der Waals surface area contributed by atoms with Gasteiger partial charge in [0.25, 0.3) is 5.91 Å². The van der Waals surface area contributed by atoms with Crippen molar-refractivity contribution in [3.8, 4) is 0 Å². The van der Waals surface area contributed by atoms with E-state index in [1.54, 1.807) is 14.0 Å². The molecule has 0 radical (unpaired) electrons. The summed E-state index contributed by atoms with van der Waals surface area (Å²) in [5.74, 6) is 0.305. The van der Waals surface area contributed by atoms with E-state index in [4.69, 9.17) is 16.3 Å². The van der Waals surface area contributed by atoms with Crippen LogP contribution in [0.2, 0.25) is 5.02 Å². The highest BCUT2D eigenvalue weighted by Gasteiger charge is 2.36. The van der Waals surface area contributed by atoms with Gasteiger partial charge in [0, 0.05) is 32.8 Å². The molecule has 1 unspecified atom stereocenters. The molecule has 1 amide bonds. The Labute approximate surface area is 179 Å². The molecule has 1 saturated heterocycles. The summed E-state index contributed by atoms with van der Waals surface area (Å²) < 4.78 is 5.34. The molecular formula is C24H31ClN2O2. The van der Waals surface area contributed by atoms with Gasteiger partial charge in [0.05, 0.1) is 10.7 Å². The number of halogens is 1. The van der Waals surface area contributed by atoms with Crippen molar-refractivity contribution in [3.63, 3.8) is 0 Å². The van der Waals surface area contributed by atoms with Crippen molar-refractivity contribution in [2.45, 2.75) is 38.8 Å². The third kappa shape index (κ3) is 5.39. The highest BCUT2D eigenvalue weighted by Crippen LogP contribution is 2.33. The molecule has 3 rings (SSSR count). The van der Waals surface area contributed by atoms with Crippen molar-refractivity contribution in [2.24, 2.45) is 5.92 Å². The number of anilines is 1. The number of methoxy groups -OCH3 is 1. The number of carbonyl (C=O) groups is 1. The number of rotatable bonds is 7. The second kappa shape index (κ2) is 10.2. The van der Waals surface area contributed by atoms with Gasteiger partial charge in [0.15, 0.2) is 0 Å². The van der Waals surface area contributed by atoms with Crippen LogP contribution in [0.1, 0.15) is 25.8 Å². The molecule has 0 aliphatic carbocycles. The van der Waals surface area contributed by atoms with Crippen molar-refractivity contribution >= 4 is 23.2 Å². The summed E-state index contributed by atoms with van der Waals surface area (Å²) in [6.07, 6.45) is 1.46. The fraction of sp³-hybridized carbons (Fsp3) is 0.458. The van der Waals surface area contributed by atoms with Crippen LogP contribution < -0.4 is 4.90 Å². The molecule has 2 aromatic rings. The Balaban J connectivity index is 1.72. The van der Waals surface area contributed by atoms with Crippen molar-refractivity contribution in [1.82, 2.24) is 4.90 Å². The van der Waals surface area contributed by atoms with Gasteiger partial charge in [-0.1, -0.05) is 61.0 Å². The van der Waals surface area contributed by atoms with Crippen LogP contribution in [0.15, 0.2) is 54.6 Å². The van der Waals surface area contributed by atoms with E-state index in [9.17, 15) is 4.79 Å². The van der Waals surface area contributed by atoms with Crippen LogP contribution in [-0.4, -0.2) is 49.7 Å². The summed E-state index contributed by atoms with van der Waals surface area (Å²) in [6.45, 7) is 7.00. The van der Waals surface area contributed by atoms with E-state index in [0.29, 0.717) is 10.9 Å². The van der Waals surface area contributed by atoms with Gasteiger partial charge in [-0.05, 0) is 43.4 Å². The molecule has 0 bridgehead atoms.